The van der Waals surface area contributed by atoms with Gasteiger partial charge >= 0.3 is 0 Å². The van der Waals surface area contributed by atoms with Crippen LogP contribution in [0.2, 0.25) is 0 Å². The van der Waals surface area contributed by atoms with Crippen LogP contribution >= 0.6 is 51.7 Å². The van der Waals surface area contributed by atoms with Gasteiger partial charge in [0.1, 0.15) is 5.76 Å². The number of para-hydroxylation sites is 1. The van der Waals surface area contributed by atoms with Gasteiger partial charge in [0, 0.05) is 11.0 Å². The summed E-state index contributed by atoms with van der Waals surface area (Å²) in [6.07, 6.45) is 1.74. The molecule has 0 unspecified atom stereocenters. The van der Waals surface area contributed by atoms with Gasteiger partial charge in [-0.1, -0.05) is 72.1 Å². The van der Waals surface area contributed by atoms with E-state index in [1.165, 1.54) is 23.5 Å². The van der Waals surface area contributed by atoms with E-state index in [0.29, 0.717) is 15.0 Å². The SMILES string of the molecule is O=C1/C(=C\c2cc(Br)c(Sc3ccccc3)o2)SC(=S)N1c1ccccc1. The summed E-state index contributed by atoms with van der Waals surface area (Å²) in [7, 11) is 0. The Bertz CT molecular complexity index is 1030. The van der Waals surface area contributed by atoms with E-state index in [0.717, 1.165) is 20.1 Å². The molecular formula is C20H12BrNO2S3. The maximum Gasteiger partial charge on any atom is 0.270 e. The molecule has 7 heteroatoms. The van der Waals surface area contributed by atoms with Crippen molar-refractivity contribution < 1.29 is 9.21 Å². The molecule has 134 valence electrons. The third-order valence-corrected chi connectivity index (χ3v) is 6.86. The molecule has 0 N–H and O–H groups in total. The Morgan fingerprint density at radius 3 is 2.44 bits per heavy atom. The molecule has 0 bridgehead atoms. The van der Waals surface area contributed by atoms with Crippen LogP contribution in [0.15, 0.2) is 90.5 Å². The van der Waals surface area contributed by atoms with Gasteiger partial charge in [-0.15, -0.1) is 0 Å². The first-order valence-electron chi connectivity index (χ1n) is 7.97. The number of anilines is 1. The van der Waals surface area contributed by atoms with Crippen molar-refractivity contribution in [2.45, 2.75) is 9.99 Å². The molecule has 0 radical (unpaired) electrons. The van der Waals surface area contributed by atoms with E-state index in [9.17, 15) is 4.79 Å². The van der Waals surface area contributed by atoms with E-state index in [2.05, 4.69) is 15.9 Å². The predicted octanol–water partition coefficient (Wildman–Crippen LogP) is 6.60. The number of benzene rings is 2. The molecule has 1 saturated heterocycles. The maximum absolute atomic E-state index is 12.8. The van der Waals surface area contributed by atoms with Crippen LogP contribution in [-0.2, 0) is 4.79 Å². The minimum atomic E-state index is -0.138. The van der Waals surface area contributed by atoms with Crippen LogP contribution in [0.25, 0.3) is 6.08 Å². The Morgan fingerprint density at radius 1 is 1.07 bits per heavy atom. The molecule has 1 aliphatic rings. The molecule has 4 rings (SSSR count). The van der Waals surface area contributed by atoms with E-state index in [1.54, 1.807) is 11.0 Å². The summed E-state index contributed by atoms with van der Waals surface area (Å²) >= 11 is 11.7. The number of hydrogen-bond acceptors (Lipinski definition) is 5. The Labute approximate surface area is 178 Å². The van der Waals surface area contributed by atoms with Crippen molar-refractivity contribution in [1.82, 2.24) is 0 Å². The topological polar surface area (TPSA) is 33.5 Å². The highest BCUT2D eigenvalue weighted by molar-refractivity contribution is 9.10. The second-order valence-corrected chi connectivity index (χ2v) is 9.13. The molecule has 0 saturated carbocycles. The molecule has 2 heterocycles. The summed E-state index contributed by atoms with van der Waals surface area (Å²) in [4.78, 5) is 16.0. The monoisotopic (exact) mass is 473 g/mol. The van der Waals surface area contributed by atoms with E-state index in [4.69, 9.17) is 16.6 Å². The summed E-state index contributed by atoms with van der Waals surface area (Å²) in [5.41, 5.74) is 0.768. The minimum Gasteiger partial charge on any atom is -0.449 e. The summed E-state index contributed by atoms with van der Waals surface area (Å²) in [5, 5.41) is 0.742. The Morgan fingerprint density at radius 2 is 1.74 bits per heavy atom. The first-order chi connectivity index (χ1) is 13.1. The first-order valence-corrected chi connectivity index (χ1v) is 10.8. The first kappa shape index (κ1) is 18.6. The molecular weight excluding hydrogens is 462 g/mol. The quantitative estimate of drug-likeness (QED) is 0.314. The zero-order valence-corrected chi connectivity index (χ0v) is 17.8. The fraction of sp³-hybridized carbons (Fsp3) is 0. The lowest BCUT2D eigenvalue weighted by atomic mass is 10.3. The van der Waals surface area contributed by atoms with E-state index in [1.807, 2.05) is 66.7 Å². The van der Waals surface area contributed by atoms with Crippen LogP contribution in [0.4, 0.5) is 5.69 Å². The zero-order valence-electron chi connectivity index (χ0n) is 13.8. The molecule has 1 fully saturated rings. The number of halogens is 1. The zero-order chi connectivity index (χ0) is 18.8. The largest absolute Gasteiger partial charge is 0.449 e. The van der Waals surface area contributed by atoms with Crippen molar-refractivity contribution in [3.8, 4) is 0 Å². The van der Waals surface area contributed by atoms with Gasteiger partial charge in [-0.3, -0.25) is 9.69 Å². The molecule has 3 nitrogen and oxygen atoms in total. The Balaban J connectivity index is 1.58. The van der Waals surface area contributed by atoms with Crippen molar-refractivity contribution in [2.24, 2.45) is 0 Å². The van der Waals surface area contributed by atoms with Gasteiger partial charge in [-0.25, -0.2) is 0 Å². The molecule has 1 amide bonds. The second-order valence-electron chi connectivity index (χ2n) is 5.55. The lowest BCUT2D eigenvalue weighted by molar-refractivity contribution is -0.113. The summed E-state index contributed by atoms with van der Waals surface area (Å²) in [5.74, 6) is 0.467. The van der Waals surface area contributed by atoms with E-state index >= 15 is 0 Å². The molecule has 0 atom stereocenters. The summed E-state index contributed by atoms with van der Waals surface area (Å²) in [6, 6.07) is 21.2. The van der Waals surface area contributed by atoms with Gasteiger partial charge in [0.2, 0.25) is 0 Å². The van der Waals surface area contributed by atoms with Gasteiger partial charge in [0.05, 0.1) is 15.1 Å². The van der Waals surface area contributed by atoms with Crippen LogP contribution in [-0.4, -0.2) is 10.2 Å². The van der Waals surface area contributed by atoms with Gasteiger partial charge < -0.3 is 4.42 Å². The number of carbonyl (C=O) groups is 1. The number of amides is 1. The normalized spacial score (nSPS) is 15.7. The van der Waals surface area contributed by atoms with Crippen molar-refractivity contribution in [2.75, 3.05) is 4.90 Å². The standard InChI is InChI=1S/C20H12BrNO2S3/c21-16-11-14(24-19(16)26-15-9-5-2-6-10-15)12-17-18(23)22(20(25)27-17)13-7-3-1-4-8-13/h1-12H/b17-12+. The Kier molecular flexibility index (Phi) is 5.54. The van der Waals surface area contributed by atoms with Crippen molar-refractivity contribution in [3.63, 3.8) is 0 Å². The third kappa shape index (κ3) is 4.06. The average molecular weight is 474 g/mol. The predicted molar refractivity (Wildman–Crippen MR) is 119 cm³/mol. The highest BCUT2D eigenvalue weighted by Gasteiger charge is 2.33. The van der Waals surface area contributed by atoms with E-state index < -0.39 is 0 Å². The minimum absolute atomic E-state index is 0.138. The molecule has 2 aromatic carbocycles. The molecule has 1 aromatic heterocycles. The van der Waals surface area contributed by atoms with Crippen LogP contribution in [0.5, 0.6) is 0 Å². The highest BCUT2D eigenvalue weighted by atomic mass is 79.9. The number of furan rings is 1. The molecule has 27 heavy (non-hydrogen) atoms. The molecule has 3 aromatic rings. The lowest BCUT2D eigenvalue weighted by Crippen LogP contribution is -2.27. The fourth-order valence-electron chi connectivity index (χ4n) is 2.50. The van der Waals surface area contributed by atoms with Gasteiger partial charge in [0.15, 0.2) is 9.41 Å². The van der Waals surface area contributed by atoms with Gasteiger partial charge in [-0.2, -0.15) is 0 Å². The highest BCUT2D eigenvalue weighted by Crippen LogP contribution is 2.39. The summed E-state index contributed by atoms with van der Waals surface area (Å²) in [6.45, 7) is 0. The number of hydrogen-bond donors (Lipinski definition) is 0. The van der Waals surface area contributed by atoms with Crippen LogP contribution < -0.4 is 4.90 Å². The average Bonchev–Trinajstić information content (AvgIpc) is 3.15. The smallest absolute Gasteiger partial charge is 0.270 e. The third-order valence-electron chi connectivity index (χ3n) is 3.71. The second kappa shape index (κ2) is 8.06. The van der Waals surface area contributed by atoms with E-state index in [-0.39, 0.29) is 5.91 Å². The van der Waals surface area contributed by atoms with Crippen LogP contribution in [0, 0.1) is 0 Å². The Hall–Kier alpha value is -1.80. The number of carbonyl (C=O) groups excluding carboxylic acids is 1. The van der Waals surface area contributed by atoms with Gasteiger partial charge in [-0.05, 0) is 46.3 Å². The lowest BCUT2D eigenvalue weighted by Gasteiger charge is -2.13. The van der Waals surface area contributed by atoms with Crippen molar-refractivity contribution in [3.05, 3.63) is 81.9 Å². The molecule has 0 aliphatic carbocycles. The van der Waals surface area contributed by atoms with Crippen molar-refractivity contribution >= 4 is 73.7 Å². The van der Waals surface area contributed by atoms with Gasteiger partial charge in [0.25, 0.3) is 5.91 Å². The summed E-state index contributed by atoms with van der Waals surface area (Å²) < 4.78 is 7.28. The number of thioether (sulfide) groups is 1. The molecule has 1 aliphatic heterocycles. The molecule has 0 spiro atoms. The van der Waals surface area contributed by atoms with Crippen LogP contribution in [0.3, 0.4) is 0 Å². The van der Waals surface area contributed by atoms with Crippen molar-refractivity contribution in [1.29, 1.82) is 0 Å². The van der Waals surface area contributed by atoms with Crippen LogP contribution in [0.1, 0.15) is 5.76 Å². The fourth-order valence-corrected chi connectivity index (χ4v) is 5.13. The number of nitrogens with zero attached hydrogens (tertiary/aromatic N) is 1. The number of thiocarbonyl (C=S) groups is 1. The maximum atomic E-state index is 12.8. The number of rotatable bonds is 4.